The molecule has 1 amide bonds. The Kier molecular flexibility index (Phi) is 4.52. The summed E-state index contributed by atoms with van der Waals surface area (Å²) >= 11 is 1.34. The number of amides is 1. The molecular weight excluding hydrogens is 248 g/mol. The van der Waals surface area contributed by atoms with Crippen LogP contribution in [0.3, 0.4) is 0 Å². The van der Waals surface area contributed by atoms with Gasteiger partial charge in [-0.3, -0.25) is 4.79 Å². The molecular formula is C12H20N4OS. The van der Waals surface area contributed by atoms with Gasteiger partial charge < -0.3 is 10.2 Å². The fourth-order valence-corrected chi connectivity index (χ4v) is 3.11. The molecule has 1 saturated heterocycles. The van der Waals surface area contributed by atoms with Crippen LogP contribution in [0.15, 0.2) is 0 Å². The van der Waals surface area contributed by atoms with Crippen LogP contribution < -0.4 is 5.32 Å². The van der Waals surface area contributed by atoms with Gasteiger partial charge in [0, 0.05) is 19.6 Å². The van der Waals surface area contributed by atoms with Gasteiger partial charge in [-0.05, 0) is 25.7 Å². The van der Waals surface area contributed by atoms with Crippen molar-refractivity contribution in [3.63, 3.8) is 0 Å². The normalized spacial score (nSPS) is 19.2. The molecule has 0 spiro atoms. The average Bonchev–Trinajstić information content (AvgIpc) is 2.98. The minimum atomic E-state index is 0.0373. The second kappa shape index (κ2) is 6.13. The second-order valence-electron chi connectivity index (χ2n) is 4.64. The number of nitrogens with zero attached hydrogens (tertiary/aromatic N) is 3. The zero-order valence-corrected chi connectivity index (χ0v) is 11.8. The molecule has 2 rings (SSSR count). The van der Waals surface area contributed by atoms with Gasteiger partial charge in [0.05, 0.1) is 0 Å². The third-order valence-corrected chi connectivity index (χ3v) is 4.07. The van der Waals surface area contributed by atoms with E-state index in [1.165, 1.54) is 24.2 Å². The third-order valence-electron chi connectivity index (χ3n) is 3.21. The van der Waals surface area contributed by atoms with E-state index >= 15 is 0 Å². The Morgan fingerprint density at radius 2 is 2.33 bits per heavy atom. The first-order chi connectivity index (χ1) is 8.74. The highest BCUT2D eigenvalue weighted by Gasteiger charge is 2.28. The minimum absolute atomic E-state index is 0.0373. The van der Waals surface area contributed by atoms with Crippen LogP contribution in [0.25, 0.3) is 0 Å². The summed E-state index contributed by atoms with van der Waals surface area (Å²) in [4.78, 5) is 14.1. The average molecular weight is 268 g/mol. The number of carbonyl (C=O) groups is 1. The Hall–Kier alpha value is -1.17. The first kappa shape index (κ1) is 13.3. The molecule has 0 saturated carbocycles. The van der Waals surface area contributed by atoms with Crippen LogP contribution >= 0.6 is 11.3 Å². The van der Waals surface area contributed by atoms with Crippen LogP contribution in [0.5, 0.6) is 0 Å². The molecule has 5 nitrogen and oxygen atoms in total. The lowest BCUT2D eigenvalue weighted by Gasteiger charge is -2.14. The lowest BCUT2D eigenvalue weighted by atomic mass is 10.0. The molecule has 2 heterocycles. The van der Waals surface area contributed by atoms with Crippen molar-refractivity contribution < 1.29 is 4.79 Å². The molecule has 1 atom stereocenters. The van der Waals surface area contributed by atoms with E-state index in [4.69, 9.17) is 0 Å². The standard InChI is InChI=1S/C12H20N4OS/c1-3-5-9-6-7-16(8-9)11(17)10-14-15-12(18-10)13-4-2/h9H,3-8H2,1-2H3,(H,13,15). The Morgan fingerprint density at radius 3 is 3.06 bits per heavy atom. The summed E-state index contributed by atoms with van der Waals surface area (Å²) in [6.07, 6.45) is 3.52. The molecule has 1 unspecified atom stereocenters. The summed E-state index contributed by atoms with van der Waals surface area (Å²) in [5.41, 5.74) is 0. The molecule has 1 aliphatic rings. The van der Waals surface area contributed by atoms with Gasteiger partial charge in [0.1, 0.15) is 0 Å². The van der Waals surface area contributed by atoms with Gasteiger partial charge >= 0.3 is 0 Å². The number of likely N-dealkylation sites (tertiary alicyclic amines) is 1. The number of aromatic nitrogens is 2. The van der Waals surface area contributed by atoms with E-state index in [2.05, 4.69) is 22.4 Å². The maximum atomic E-state index is 12.2. The van der Waals surface area contributed by atoms with Gasteiger partial charge in [-0.2, -0.15) is 0 Å². The molecule has 1 aromatic rings. The van der Waals surface area contributed by atoms with Crippen LogP contribution in [-0.2, 0) is 0 Å². The summed E-state index contributed by atoms with van der Waals surface area (Å²) in [6.45, 7) is 6.73. The second-order valence-corrected chi connectivity index (χ2v) is 5.61. The van der Waals surface area contributed by atoms with Crippen LogP contribution in [0.2, 0.25) is 0 Å². The summed E-state index contributed by atoms with van der Waals surface area (Å²) in [6, 6.07) is 0. The van der Waals surface area contributed by atoms with Gasteiger partial charge in [-0.25, -0.2) is 0 Å². The maximum Gasteiger partial charge on any atom is 0.284 e. The highest BCUT2D eigenvalue weighted by atomic mass is 32.1. The van der Waals surface area contributed by atoms with Crippen molar-refractivity contribution in [3.05, 3.63) is 5.01 Å². The molecule has 0 radical (unpaired) electrons. The van der Waals surface area contributed by atoms with Crippen molar-refractivity contribution in [3.8, 4) is 0 Å². The van der Waals surface area contributed by atoms with E-state index in [1.807, 2.05) is 11.8 Å². The first-order valence-corrected chi connectivity index (χ1v) is 7.42. The van der Waals surface area contributed by atoms with Gasteiger partial charge in [0.25, 0.3) is 5.91 Å². The Balaban J connectivity index is 1.94. The smallest absolute Gasteiger partial charge is 0.284 e. The lowest BCUT2D eigenvalue weighted by molar-refractivity contribution is 0.0785. The lowest BCUT2D eigenvalue weighted by Crippen LogP contribution is -2.28. The molecule has 0 aliphatic carbocycles. The number of anilines is 1. The third kappa shape index (κ3) is 2.98. The van der Waals surface area contributed by atoms with E-state index in [9.17, 15) is 4.79 Å². The largest absolute Gasteiger partial charge is 0.360 e. The molecule has 1 aliphatic heterocycles. The molecule has 1 N–H and O–H groups in total. The molecule has 1 fully saturated rings. The molecule has 18 heavy (non-hydrogen) atoms. The van der Waals surface area contributed by atoms with E-state index in [1.54, 1.807) is 0 Å². The number of hydrogen-bond acceptors (Lipinski definition) is 5. The molecule has 6 heteroatoms. The summed E-state index contributed by atoms with van der Waals surface area (Å²) < 4.78 is 0. The van der Waals surface area contributed by atoms with Gasteiger partial charge in [-0.1, -0.05) is 24.7 Å². The van der Waals surface area contributed by atoms with E-state index in [0.29, 0.717) is 10.9 Å². The highest BCUT2D eigenvalue weighted by Crippen LogP contribution is 2.24. The van der Waals surface area contributed by atoms with E-state index in [0.717, 1.165) is 31.2 Å². The number of carbonyl (C=O) groups excluding carboxylic acids is 1. The van der Waals surface area contributed by atoms with Crippen molar-refractivity contribution in [2.75, 3.05) is 25.0 Å². The van der Waals surface area contributed by atoms with Crippen molar-refractivity contribution in [1.29, 1.82) is 0 Å². The van der Waals surface area contributed by atoms with Gasteiger partial charge in [-0.15, -0.1) is 10.2 Å². The molecule has 0 bridgehead atoms. The van der Waals surface area contributed by atoms with Gasteiger partial charge in [0.15, 0.2) is 0 Å². The Bertz CT molecular complexity index is 407. The minimum Gasteiger partial charge on any atom is -0.360 e. The monoisotopic (exact) mass is 268 g/mol. The Morgan fingerprint density at radius 1 is 1.50 bits per heavy atom. The van der Waals surface area contributed by atoms with E-state index in [-0.39, 0.29) is 5.91 Å². The predicted molar refractivity (Wildman–Crippen MR) is 73.0 cm³/mol. The molecule has 1 aromatic heterocycles. The fourth-order valence-electron chi connectivity index (χ4n) is 2.33. The predicted octanol–water partition coefficient (Wildman–Crippen LogP) is 2.23. The maximum absolute atomic E-state index is 12.2. The van der Waals surface area contributed by atoms with Crippen molar-refractivity contribution in [1.82, 2.24) is 15.1 Å². The molecule has 0 aromatic carbocycles. The topological polar surface area (TPSA) is 58.1 Å². The summed E-state index contributed by atoms with van der Waals surface area (Å²) in [5.74, 6) is 0.704. The molecule has 100 valence electrons. The number of rotatable bonds is 5. The Labute approximate surface area is 112 Å². The SMILES string of the molecule is CCCC1CCN(C(=O)c2nnc(NCC)s2)C1. The summed E-state index contributed by atoms with van der Waals surface area (Å²) in [5, 5.41) is 12.2. The highest BCUT2D eigenvalue weighted by molar-refractivity contribution is 7.17. The van der Waals surface area contributed by atoms with E-state index < -0.39 is 0 Å². The summed E-state index contributed by atoms with van der Waals surface area (Å²) in [7, 11) is 0. The number of nitrogens with one attached hydrogen (secondary N) is 1. The van der Waals surface area contributed by atoms with Crippen LogP contribution in [-0.4, -0.2) is 40.6 Å². The first-order valence-electron chi connectivity index (χ1n) is 6.61. The van der Waals surface area contributed by atoms with Crippen molar-refractivity contribution in [2.24, 2.45) is 5.92 Å². The van der Waals surface area contributed by atoms with Crippen LogP contribution in [0.1, 0.15) is 42.9 Å². The fraction of sp³-hybridized carbons (Fsp3) is 0.750. The number of hydrogen-bond donors (Lipinski definition) is 1. The van der Waals surface area contributed by atoms with Crippen LogP contribution in [0.4, 0.5) is 5.13 Å². The quantitative estimate of drug-likeness (QED) is 0.889. The van der Waals surface area contributed by atoms with Gasteiger partial charge in [0.2, 0.25) is 10.1 Å². The zero-order valence-electron chi connectivity index (χ0n) is 11.0. The zero-order chi connectivity index (χ0) is 13.0. The van der Waals surface area contributed by atoms with Crippen LogP contribution in [0, 0.1) is 5.92 Å². The van der Waals surface area contributed by atoms with Crippen molar-refractivity contribution >= 4 is 22.4 Å². The van der Waals surface area contributed by atoms with Crippen molar-refractivity contribution in [2.45, 2.75) is 33.1 Å².